The zero-order chi connectivity index (χ0) is 17.5. The molecule has 1 aliphatic heterocycles. The van der Waals surface area contributed by atoms with Crippen molar-refractivity contribution in [3.63, 3.8) is 0 Å². The minimum atomic E-state index is -3.78. The van der Waals surface area contributed by atoms with E-state index in [-0.39, 0.29) is 29.2 Å². The molecule has 10 heteroatoms. The highest BCUT2D eigenvalue weighted by atomic mass is 32.2. The van der Waals surface area contributed by atoms with Crippen molar-refractivity contribution in [3.05, 3.63) is 35.9 Å². The first-order valence-corrected chi connectivity index (χ1v) is 8.61. The monoisotopic (exact) mass is 346 g/mol. The second-order valence-corrected chi connectivity index (χ2v) is 7.09. The molecule has 2 N–H and O–H groups in total. The number of nitrogens with zero attached hydrogens (tertiary/aromatic N) is 5. The van der Waals surface area contributed by atoms with Crippen LogP contribution in [0.25, 0.3) is 0 Å². The van der Waals surface area contributed by atoms with Crippen molar-refractivity contribution >= 4 is 21.6 Å². The predicted molar refractivity (Wildman–Crippen MR) is 83.2 cm³/mol. The molecule has 1 aromatic carbocycles. The van der Waals surface area contributed by atoms with Crippen LogP contribution in [0.2, 0.25) is 0 Å². The molecule has 0 aliphatic carbocycles. The van der Waals surface area contributed by atoms with Crippen LogP contribution in [0.5, 0.6) is 0 Å². The molecule has 9 nitrogen and oxygen atoms in total. The summed E-state index contributed by atoms with van der Waals surface area (Å²) in [6.07, 6.45) is 1.85. The Morgan fingerprint density at radius 3 is 2.88 bits per heavy atom. The molecule has 0 fully saturated rings. The zero-order valence-electron chi connectivity index (χ0n) is 12.7. The smallest absolute Gasteiger partial charge is 0.252 e. The average Bonchev–Trinajstić information content (AvgIpc) is 3.08. The third-order valence-corrected chi connectivity index (χ3v) is 4.71. The summed E-state index contributed by atoms with van der Waals surface area (Å²) in [6, 6.07) is 6.14. The fourth-order valence-corrected chi connectivity index (χ4v) is 3.37. The lowest BCUT2D eigenvalue weighted by molar-refractivity contribution is -0.119. The van der Waals surface area contributed by atoms with Gasteiger partial charge in [-0.2, -0.15) is 5.26 Å². The van der Waals surface area contributed by atoms with Crippen molar-refractivity contribution in [1.82, 2.24) is 14.8 Å². The molecule has 2 aromatic rings. The highest BCUT2D eigenvalue weighted by Crippen LogP contribution is 2.33. The Balaban J connectivity index is 1.88. The fourth-order valence-electron chi connectivity index (χ4n) is 2.80. The van der Waals surface area contributed by atoms with E-state index in [2.05, 4.69) is 10.1 Å². The van der Waals surface area contributed by atoms with E-state index < -0.39 is 10.0 Å². The van der Waals surface area contributed by atoms with E-state index in [1.807, 2.05) is 6.92 Å². The van der Waals surface area contributed by atoms with Crippen molar-refractivity contribution in [3.8, 4) is 6.07 Å². The number of carbonyl (C=O) groups is 1. The molecule has 124 valence electrons. The Kier molecular flexibility index (Phi) is 3.82. The number of carbonyl (C=O) groups excluding carboxylic acids is 1. The fraction of sp³-hybridized carbons (Fsp3) is 0.286. The summed E-state index contributed by atoms with van der Waals surface area (Å²) in [6.45, 7) is 1.81. The number of rotatable bonds is 3. The second-order valence-electron chi connectivity index (χ2n) is 5.53. The predicted octanol–water partition coefficient (Wildman–Crippen LogP) is -0.225. The topological polar surface area (TPSA) is 135 Å². The van der Waals surface area contributed by atoms with Gasteiger partial charge >= 0.3 is 0 Å². The number of fused-ring (bicyclic) bond motifs is 1. The number of anilines is 1. The number of nitrogens with two attached hydrogens (primary N) is 1. The maximum absolute atomic E-state index is 12.6. The summed E-state index contributed by atoms with van der Waals surface area (Å²) in [4.78, 5) is 18.0. The Labute approximate surface area is 138 Å². The number of sulfonamides is 1. The molecule has 2 heterocycles. The van der Waals surface area contributed by atoms with E-state index >= 15 is 0 Å². The molecule has 1 atom stereocenters. The lowest BCUT2D eigenvalue weighted by Crippen LogP contribution is -2.38. The summed E-state index contributed by atoms with van der Waals surface area (Å²) >= 11 is 0. The van der Waals surface area contributed by atoms with Gasteiger partial charge in [0, 0.05) is 11.7 Å². The van der Waals surface area contributed by atoms with Crippen molar-refractivity contribution in [2.45, 2.75) is 30.8 Å². The second kappa shape index (κ2) is 5.70. The number of benzene rings is 1. The van der Waals surface area contributed by atoms with Crippen LogP contribution >= 0.6 is 0 Å². The molecular weight excluding hydrogens is 332 g/mol. The molecule has 0 spiro atoms. The van der Waals surface area contributed by atoms with Gasteiger partial charge < -0.3 is 4.90 Å². The summed E-state index contributed by atoms with van der Waals surface area (Å²) in [5, 5.41) is 17.7. The Morgan fingerprint density at radius 2 is 2.25 bits per heavy atom. The van der Waals surface area contributed by atoms with Crippen LogP contribution in [0.3, 0.4) is 0 Å². The minimum Gasteiger partial charge on any atom is -0.307 e. The molecule has 0 unspecified atom stereocenters. The molecule has 1 aromatic heterocycles. The van der Waals surface area contributed by atoms with Gasteiger partial charge in [0.25, 0.3) is 5.82 Å². The van der Waals surface area contributed by atoms with Gasteiger partial charge in [-0.15, -0.1) is 5.10 Å². The Bertz CT molecular complexity index is 959. The molecule has 3 rings (SSSR count). The van der Waals surface area contributed by atoms with Crippen LogP contribution in [0.1, 0.15) is 18.3 Å². The normalized spacial score (nSPS) is 16.7. The van der Waals surface area contributed by atoms with E-state index in [4.69, 9.17) is 10.4 Å². The standard InChI is InChI=1S/C14H14N6O3S/c1-9-4-10-5-11(24(16,22)23)2-3-12(10)20(9)14(21)7-19-8-17-13(6-15)18-19/h2-3,5,8-9H,4,7H2,1H3,(H2,16,22,23)/t9-/m0/s1. The van der Waals surface area contributed by atoms with Crippen LogP contribution in [0.15, 0.2) is 29.4 Å². The number of primary sulfonamides is 1. The van der Waals surface area contributed by atoms with Gasteiger partial charge in [-0.05, 0) is 37.1 Å². The van der Waals surface area contributed by atoms with E-state index in [1.165, 1.54) is 23.1 Å². The summed E-state index contributed by atoms with van der Waals surface area (Å²) < 4.78 is 24.2. The minimum absolute atomic E-state index is 0.00420. The lowest BCUT2D eigenvalue weighted by atomic mass is 10.1. The molecule has 0 radical (unpaired) electrons. The number of hydrogen-bond acceptors (Lipinski definition) is 6. The molecule has 0 bridgehead atoms. The maximum atomic E-state index is 12.6. The van der Waals surface area contributed by atoms with Crippen LogP contribution in [0, 0.1) is 11.3 Å². The van der Waals surface area contributed by atoms with Crippen molar-refractivity contribution in [1.29, 1.82) is 5.26 Å². The number of hydrogen-bond donors (Lipinski definition) is 1. The van der Waals surface area contributed by atoms with Crippen LogP contribution in [-0.2, 0) is 27.8 Å². The van der Waals surface area contributed by atoms with Crippen LogP contribution in [-0.4, -0.2) is 35.1 Å². The maximum Gasteiger partial charge on any atom is 0.252 e. The molecule has 1 amide bonds. The molecule has 24 heavy (non-hydrogen) atoms. The van der Waals surface area contributed by atoms with Gasteiger partial charge in [-0.25, -0.2) is 23.2 Å². The largest absolute Gasteiger partial charge is 0.307 e. The van der Waals surface area contributed by atoms with Gasteiger partial charge in [0.15, 0.2) is 0 Å². The quantitative estimate of drug-likeness (QED) is 0.816. The van der Waals surface area contributed by atoms with Crippen molar-refractivity contribution in [2.24, 2.45) is 5.14 Å². The lowest BCUT2D eigenvalue weighted by Gasteiger charge is -2.22. The number of amides is 1. The first kappa shape index (κ1) is 16.1. The molecular formula is C14H14N6O3S. The zero-order valence-corrected chi connectivity index (χ0v) is 13.6. The first-order chi connectivity index (χ1) is 11.3. The number of aromatic nitrogens is 3. The van der Waals surface area contributed by atoms with Crippen LogP contribution < -0.4 is 10.0 Å². The third-order valence-electron chi connectivity index (χ3n) is 3.80. The van der Waals surface area contributed by atoms with Gasteiger partial charge in [0.2, 0.25) is 15.9 Å². The highest BCUT2D eigenvalue weighted by molar-refractivity contribution is 7.89. The van der Waals surface area contributed by atoms with E-state index in [0.717, 1.165) is 5.56 Å². The van der Waals surface area contributed by atoms with Gasteiger partial charge in [0.1, 0.15) is 18.9 Å². The summed E-state index contributed by atoms with van der Waals surface area (Å²) in [7, 11) is -3.78. The number of nitriles is 1. The first-order valence-electron chi connectivity index (χ1n) is 7.07. The Morgan fingerprint density at radius 1 is 1.50 bits per heavy atom. The average molecular weight is 346 g/mol. The summed E-state index contributed by atoms with van der Waals surface area (Å²) in [5.74, 6) is -0.227. The Hall–Kier alpha value is -2.77. The highest BCUT2D eigenvalue weighted by Gasteiger charge is 2.31. The molecule has 0 saturated heterocycles. The van der Waals surface area contributed by atoms with E-state index in [0.29, 0.717) is 12.1 Å². The van der Waals surface area contributed by atoms with Gasteiger partial charge in [0.05, 0.1) is 4.90 Å². The van der Waals surface area contributed by atoms with Crippen molar-refractivity contribution in [2.75, 3.05) is 4.90 Å². The molecule has 0 saturated carbocycles. The van der Waals surface area contributed by atoms with Crippen molar-refractivity contribution < 1.29 is 13.2 Å². The van der Waals surface area contributed by atoms with E-state index in [9.17, 15) is 13.2 Å². The van der Waals surface area contributed by atoms with E-state index in [1.54, 1.807) is 17.0 Å². The SMILES string of the molecule is C[C@H]1Cc2cc(S(N)(=O)=O)ccc2N1C(=O)Cn1cnc(C#N)n1. The molecule has 1 aliphatic rings. The third kappa shape index (κ3) is 2.86. The van der Waals surface area contributed by atoms with Gasteiger partial charge in [-0.1, -0.05) is 0 Å². The summed E-state index contributed by atoms with van der Waals surface area (Å²) in [5.41, 5.74) is 1.40. The van der Waals surface area contributed by atoms with Gasteiger partial charge in [-0.3, -0.25) is 4.79 Å². The van der Waals surface area contributed by atoms with Crippen LogP contribution in [0.4, 0.5) is 5.69 Å².